The highest BCUT2D eigenvalue weighted by atomic mass is 19.4. The summed E-state index contributed by atoms with van der Waals surface area (Å²) in [4.78, 5) is 0. The van der Waals surface area contributed by atoms with Gasteiger partial charge in [-0.2, -0.15) is 0 Å². The molecule has 0 spiro atoms. The third-order valence-electron chi connectivity index (χ3n) is 4.24. The second-order valence-corrected chi connectivity index (χ2v) is 5.77. The van der Waals surface area contributed by atoms with E-state index in [1.54, 1.807) is 6.92 Å². The van der Waals surface area contributed by atoms with Crippen LogP contribution in [0.3, 0.4) is 0 Å². The van der Waals surface area contributed by atoms with Gasteiger partial charge in [-0.05, 0) is 50.2 Å². The fraction of sp³-hybridized carbons (Fsp3) is 0.600. The SMILES string of the molecule is CCC1CCC(Oc2ccc([B-](F)(F)F)cc2C)CC1. The second-order valence-electron chi connectivity index (χ2n) is 5.77. The number of rotatable bonds is 4. The monoisotopic (exact) mass is 285 g/mol. The molecule has 0 saturated heterocycles. The smallest absolute Gasteiger partial charge is 0.490 e. The molecule has 0 bridgehead atoms. The van der Waals surface area contributed by atoms with Crippen molar-refractivity contribution in [3.05, 3.63) is 23.8 Å². The van der Waals surface area contributed by atoms with Crippen LogP contribution in [-0.4, -0.2) is 13.1 Å². The summed E-state index contributed by atoms with van der Waals surface area (Å²) < 4.78 is 43.9. The van der Waals surface area contributed by atoms with E-state index >= 15 is 0 Å². The summed E-state index contributed by atoms with van der Waals surface area (Å²) in [5.74, 6) is 1.38. The Labute approximate surface area is 118 Å². The molecule has 2 rings (SSSR count). The van der Waals surface area contributed by atoms with E-state index in [2.05, 4.69) is 6.92 Å². The second kappa shape index (κ2) is 6.11. The van der Waals surface area contributed by atoms with Crippen LogP contribution in [0.2, 0.25) is 0 Å². The van der Waals surface area contributed by atoms with E-state index in [0.717, 1.165) is 37.7 Å². The minimum Gasteiger partial charge on any atom is -0.490 e. The maximum absolute atomic E-state index is 12.7. The Hall–Kier alpha value is -1.13. The van der Waals surface area contributed by atoms with Crippen molar-refractivity contribution in [1.29, 1.82) is 0 Å². The van der Waals surface area contributed by atoms with Crippen LogP contribution < -0.4 is 10.2 Å². The molecule has 1 aromatic rings. The molecule has 0 aromatic heterocycles. The third-order valence-corrected chi connectivity index (χ3v) is 4.24. The molecule has 112 valence electrons. The molecular formula is C15H21BF3O-. The number of benzene rings is 1. The van der Waals surface area contributed by atoms with Gasteiger partial charge in [-0.25, -0.2) is 0 Å². The lowest BCUT2D eigenvalue weighted by Gasteiger charge is -2.29. The molecule has 0 atom stereocenters. The summed E-state index contributed by atoms with van der Waals surface area (Å²) in [6.07, 6.45) is 5.67. The number of halogens is 3. The Bertz CT molecular complexity index is 451. The first kappa shape index (κ1) is 15.3. The molecule has 0 aliphatic heterocycles. The van der Waals surface area contributed by atoms with Crippen LogP contribution in [0.1, 0.15) is 44.6 Å². The maximum Gasteiger partial charge on any atom is 0.509 e. The van der Waals surface area contributed by atoms with Gasteiger partial charge < -0.3 is 17.7 Å². The van der Waals surface area contributed by atoms with Crippen LogP contribution in [0, 0.1) is 12.8 Å². The molecule has 0 radical (unpaired) electrons. The maximum atomic E-state index is 12.7. The van der Waals surface area contributed by atoms with E-state index in [0.29, 0.717) is 11.3 Å². The topological polar surface area (TPSA) is 9.23 Å². The predicted molar refractivity (Wildman–Crippen MR) is 76.6 cm³/mol. The molecule has 20 heavy (non-hydrogen) atoms. The fourth-order valence-electron chi connectivity index (χ4n) is 2.85. The van der Waals surface area contributed by atoms with Crippen molar-refractivity contribution >= 4 is 12.4 Å². The molecule has 5 heteroatoms. The highest BCUT2D eigenvalue weighted by Gasteiger charge is 2.26. The lowest BCUT2D eigenvalue weighted by Crippen LogP contribution is -2.34. The molecule has 1 aliphatic rings. The van der Waals surface area contributed by atoms with Crippen molar-refractivity contribution in [2.24, 2.45) is 5.92 Å². The highest BCUT2D eigenvalue weighted by molar-refractivity contribution is 6.73. The highest BCUT2D eigenvalue weighted by Crippen LogP contribution is 2.30. The van der Waals surface area contributed by atoms with Crippen LogP contribution in [0.15, 0.2) is 18.2 Å². The van der Waals surface area contributed by atoms with Gasteiger partial charge in [0.15, 0.2) is 0 Å². The van der Waals surface area contributed by atoms with Gasteiger partial charge in [0.2, 0.25) is 0 Å². The lowest BCUT2D eigenvalue weighted by atomic mass is 9.79. The molecule has 1 aromatic carbocycles. The van der Waals surface area contributed by atoms with Crippen molar-refractivity contribution in [3.63, 3.8) is 0 Å². The van der Waals surface area contributed by atoms with Gasteiger partial charge in [0.05, 0.1) is 6.10 Å². The van der Waals surface area contributed by atoms with Crippen LogP contribution in [0.4, 0.5) is 12.9 Å². The number of hydrogen-bond acceptors (Lipinski definition) is 1. The fourth-order valence-corrected chi connectivity index (χ4v) is 2.85. The Morgan fingerprint density at radius 2 is 1.80 bits per heavy atom. The van der Waals surface area contributed by atoms with E-state index in [4.69, 9.17) is 4.74 Å². The number of aryl methyl sites for hydroxylation is 1. The van der Waals surface area contributed by atoms with Gasteiger partial charge in [-0.1, -0.05) is 25.5 Å². The minimum atomic E-state index is -4.93. The molecule has 0 N–H and O–H groups in total. The third kappa shape index (κ3) is 3.71. The molecule has 1 nitrogen and oxygen atoms in total. The van der Waals surface area contributed by atoms with E-state index in [9.17, 15) is 12.9 Å². The Balaban J connectivity index is 2.00. The van der Waals surface area contributed by atoms with Gasteiger partial charge in [0.25, 0.3) is 0 Å². The predicted octanol–water partition coefficient (Wildman–Crippen LogP) is 4.40. The minimum absolute atomic E-state index is 0.152. The summed E-state index contributed by atoms with van der Waals surface area (Å²) >= 11 is 0. The zero-order valence-electron chi connectivity index (χ0n) is 12.0. The van der Waals surface area contributed by atoms with Crippen molar-refractivity contribution < 1.29 is 17.7 Å². The van der Waals surface area contributed by atoms with E-state index < -0.39 is 12.4 Å². The summed E-state index contributed by atoms with van der Waals surface area (Å²) in [6.45, 7) is -1.05. The normalized spacial score (nSPS) is 23.6. The van der Waals surface area contributed by atoms with Crippen molar-refractivity contribution in [3.8, 4) is 5.75 Å². The molecule has 0 heterocycles. The van der Waals surface area contributed by atoms with Crippen LogP contribution in [0.5, 0.6) is 5.75 Å². The zero-order valence-corrected chi connectivity index (χ0v) is 12.0. The molecule has 1 aliphatic carbocycles. The van der Waals surface area contributed by atoms with Crippen molar-refractivity contribution in [1.82, 2.24) is 0 Å². The quantitative estimate of drug-likeness (QED) is 0.745. The molecule has 1 saturated carbocycles. The standard InChI is InChI=1S/C15H21BF3O/c1-3-12-4-7-14(8-5-12)20-15-9-6-13(10-11(15)2)16(17,18)19/h6,9-10,12,14H,3-5,7-8H2,1-2H3/q-1. The summed E-state index contributed by atoms with van der Waals surface area (Å²) in [6, 6.07) is 3.78. The van der Waals surface area contributed by atoms with Gasteiger partial charge in [0.1, 0.15) is 5.75 Å². The molecular weight excluding hydrogens is 264 g/mol. The lowest BCUT2D eigenvalue weighted by molar-refractivity contribution is 0.129. The number of ether oxygens (including phenoxy) is 1. The van der Waals surface area contributed by atoms with Crippen LogP contribution >= 0.6 is 0 Å². The average molecular weight is 285 g/mol. The summed E-state index contributed by atoms with van der Waals surface area (Å²) in [5.41, 5.74) is 0.0175. The van der Waals surface area contributed by atoms with E-state index in [1.807, 2.05) is 0 Å². The average Bonchev–Trinajstić information content (AvgIpc) is 2.41. The van der Waals surface area contributed by atoms with Crippen LogP contribution in [-0.2, 0) is 0 Å². The van der Waals surface area contributed by atoms with Crippen molar-refractivity contribution in [2.75, 3.05) is 0 Å². The van der Waals surface area contributed by atoms with Gasteiger partial charge in [0, 0.05) is 0 Å². The first-order chi connectivity index (χ1) is 9.40. The summed E-state index contributed by atoms with van der Waals surface area (Å²) in [5, 5.41) is 0. The number of hydrogen-bond donors (Lipinski definition) is 0. The van der Waals surface area contributed by atoms with Crippen molar-refractivity contribution in [2.45, 2.75) is 52.1 Å². The molecule has 1 fully saturated rings. The zero-order chi connectivity index (χ0) is 14.8. The first-order valence-corrected chi connectivity index (χ1v) is 7.37. The Morgan fingerprint density at radius 1 is 1.15 bits per heavy atom. The molecule has 0 amide bonds. The Morgan fingerprint density at radius 3 is 2.30 bits per heavy atom. The molecule has 0 unspecified atom stereocenters. The summed E-state index contributed by atoms with van der Waals surface area (Å²) in [7, 11) is 0. The largest absolute Gasteiger partial charge is 0.509 e. The Kier molecular flexibility index (Phi) is 4.66. The van der Waals surface area contributed by atoms with E-state index in [1.165, 1.54) is 18.6 Å². The van der Waals surface area contributed by atoms with Gasteiger partial charge in [-0.15, -0.1) is 5.46 Å². The van der Waals surface area contributed by atoms with Gasteiger partial charge >= 0.3 is 6.98 Å². The first-order valence-electron chi connectivity index (χ1n) is 7.37. The van der Waals surface area contributed by atoms with Crippen LogP contribution in [0.25, 0.3) is 0 Å². The van der Waals surface area contributed by atoms with E-state index in [-0.39, 0.29) is 6.10 Å². The van der Waals surface area contributed by atoms with Gasteiger partial charge in [-0.3, -0.25) is 0 Å².